The van der Waals surface area contributed by atoms with Crippen molar-refractivity contribution in [1.29, 1.82) is 0 Å². The highest BCUT2D eigenvalue weighted by Crippen LogP contribution is 2.34. The molecule has 2 amide bonds. The van der Waals surface area contributed by atoms with Crippen LogP contribution < -0.4 is 9.64 Å². The maximum atomic E-state index is 13.3. The summed E-state index contributed by atoms with van der Waals surface area (Å²) in [6, 6.07) is 14.7. The second-order valence-electron chi connectivity index (χ2n) is 7.23. The first kappa shape index (κ1) is 18.1. The molecule has 0 N–H and O–H groups in total. The van der Waals surface area contributed by atoms with Gasteiger partial charge in [-0.15, -0.1) is 0 Å². The van der Waals surface area contributed by atoms with E-state index in [-0.39, 0.29) is 11.8 Å². The van der Waals surface area contributed by atoms with Gasteiger partial charge in [-0.25, -0.2) is 14.6 Å². The summed E-state index contributed by atoms with van der Waals surface area (Å²) in [5, 5.41) is 5.19. The summed E-state index contributed by atoms with van der Waals surface area (Å²) in [6.45, 7) is 3.74. The van der Waals surface area contributed by atoms with Crippen molar-refractivity contribution in [3.8, 4) is 11.4 Å². The number of hydrogen-bond donors (Lipinski definition) is 0. The van der Waals surface area contributed by atoms with Crippen LogP contribution in [0.3, 0.4) is 0 Å². The van der Waals surface area contributed by atoms with E-state index in [0.29, 0.717) is 33.5 Å². The number of fused-ring (bicyclic) bond motifs is 3. The normalized spacial score (nSPS) is 13.2. The van der Waals surface area contributed by atoms with Gasteiger partial charge in [0.2, 0.25) is 0 Å². The van der Waals surface area contributed by atoms with Gasteiger partial charge in [-0.1, -0.05) is 12.1 Å². The Balaban J connectivity index is 1.68. The Morgan fingerprint density at radius 3 is 2.40 bits per heavy atom. The molecule has 2 aromatic carbocycles. The zero-order valence-electron chi connectivity index (χ0n) is 16.7. The van der Waals surface area contributed by atoms with Crippen LogP contribution in [0.1, 0.15) is 32.0 Å². The monoisotopic (exact) mass is 398 g/mol. The number of benzene rings is 2. The number of carbonyl (C=O) groups is 2. The molecule has 3 heterocycles. The van der Waals surface area contributed by atoms with Crippen LogP contribution in [0.5, 0.6) is 5.75 Å². The smallest absolute Gasteiger partial charge is 0.267 e. The molecule has 0 spiro atoms. The minimum atomic E-state index is -0.369. The molecule has 0 saturated carbocycles. The summed E-state index contributed by atoms with van der Waals surface area (Å²) in [4.78, 5) is 32.1. The number of pyridine rings is 1. The molecule has 0 fully saturated rings. The van der Waals surface area contributed by atoms with Gasteiger partial charge in [-0.2, -0.15) is 5.10 Å². The predicted octanol–water partition coefficient (Wildman–Crippen LogP) is 3.85. The second kappa shape index (κ2) is 6.52. The quantitative estimate of drug-likeness (QED) is 0.490. The van der Waals surface area contributed by atoms with Gasteiger partial charge in [0.05, 0.1) is 40.7 Å². The average Bonchev–Trinajstić information content (AvgIpc) is 3.22. The fourth-order valence-electron chi connectivity index (χ4n) is 3.87. The van der Waals surface area contributed by atoms with E-state index in [4.69, 9.17) is 4.74 Å². The third-order valence-electron chi connectivity index (χ3n) is 5.30. The summed E-state index contributed by atoms with van der Waals surface area (Å²) in [5.41, 5.74) is 4.12. The topological polar surface area (TPSA) is 77.3 Å². The molecule has 4 aromatic rings. The Kier molecular flexibility index (Phi) is 3.92. The number of rotatable bonds is 3. The van der Waals surface area contributed by atoms with E-state index in [1.54, 1.807) is 17.9 Å². The highest BCUT2D eigenvalue weighted by Gasteiger charge is 2.40. The lowest BCUT2D eigenvalue weighted by molar-refractivity contribution is 0.0926. The highest BCUT2D eigenvalue weighted by atomic mass is 16.5. The van der Waals surface area contributed by atoms with E-state index in [2.05, 4.69) is 10.1 Å². The lowest BCUT2D eigenvalue weighted by Crippen LogP contribution is -2.29. The van der Waals surface area contributed by atoms with E-state index in [1.165, 1.54) is 11.1 Å². The molecule has 0 aliphatic carbocycles. The van der Waals surface area contributed by atoms with Crippen molar-refractivity contribution in [2.45, 2.75) is 13.8 Å². The first-order chi connectivity index (χ1) is 14.5. The standard InChI is InChI=1S/C23H18N4O3/c1-13-5-4-6-16(11-13)26-22(28)18-12-24-21-19(20(18)23(26)29)14(2)25-27(21)15-7-9-17(30-3)10-8-15/h4-12H,1-3H3. The third kappa shape index (κ3) is 2.52. The number of anilines is 1. The average molecular weight is 398 g/mol. The maximum absolute atomic E-state index is 13.3. The van der Waals surface area contributed by atoms with Gasteiger partial charge in [-0.05, 0) is 55.8 Å². The zero-order valence-corrected chi connectivity index (χ0v) is 16.7. The van der Waals surface area contributed by atoms with E-state index in [0.717, 1.165) is 17.0 Å². The number of ether oxygens (including phenoxy) is 1. The lowest BCUT2D eigenvalue weighted by Gasteiger charge is -2.14. The number of methoxy groups -OCH3 is 1. The predicted molar refractivity (Wildman–Crippen MR) is 112 cm³/mol. The van der Waals surface area contributed by atoms with Crippen LogP contribution in [0.25, 0.3) is 16.7 Å². The third-order valence-corrected chi connectivity index (χ3v) is 5.30. The van der Waals surface area contributed by atoms with Crippen molar-refractivity contribution in [3.63, 3.8) is 0 Å². The van der Waals surface area contributed by atoms with E-state index in [9.17, 15) is 9.59 Å². The molecule has 0 unspecified atom stereocenters. The molecule has 5 rings (SSSR count). The first-order valence-corrected chi connectivity index (χ1v) is 9.48. The summed E-state index contributed by atoms with van der Waals surface area (Å²) < 4.78 is 6.89. The molecule has 7 heteroatoms. The molecule has 0 saturated heterocycles. The van der Waals surface area contributed by atoms with Crippen molar-refractivity contribution in [2.24, 2.45) is 0 Å². The zero-order chi connectivity index (χ0) is 21.0. The van der Waals surface area contributed by atoms with Crippen LogP contribution in [0.4, 0.5) is 5.69 Å². The van der Waals surface area contributed by atoms with Crippen molar-refractivity contribution in [1.82, 2.24) is 14.8 Å². The summed E-state index contributed by atoms with van der Waals surface area (Å²) in [7, 11) is 1.61. The molecule has 1 aliphatic heterocycles. The molecule has 0 atom stereocenters. The Morgan fingerprint density at radius 1 is 0.933 bits per heavy atom. The SMILES string of the molecule is COc1ccc(-n2nc(C)c3c4c(cnc32)C(=O)N(c2cccc(C)c2)C4=O)cc1. The molecule has 0 bridgehead atoms. The van der Waals surface area contributed by atoms with Crippen molar-refractivity contribution in [3.05, 3.63) is 77.1 Å². The lowest BCUT2D eigenvalue weighted by atomic mass is 10.1. The van der Waals surface area contributed by atoms with Crippen molar-refractivity contribution < 1.29 is 14.3 Å². The number of amides is 2. The number of imide groups is 1. The molecule has 148 valence electrons. The summed E-state index contributed by atoms with van der Waals surface area (Å²) in [6.07, 6.45) is 1.47. The minimum Gasteiger partial charge on any atom is -0.497 e. The Hall–Kier alpha value is -4.00. The molecular weight excluding hydrogens is 380 g/mol. The van der Waals surface area contributed by atoms with Crippen LogP contribution in [-0.4, -0.2) is 33.7 Å². The second-order valence-corrected chi connectivity index (χ2v) is 7.23. The van der Waals surface area contributed by atoms with E-state index < -0.39 is 0 Å². The van der Waals surface area contributed by atoms with Crippen LogP contribution in [0, 0.1) is 13.8 Å². The Bertz CT molecular complexity index is 1340. The summed E-state index contributed by atoms with van der Waals surface area (Å²) in [5.74, 6) is 0.00679. The van der Waals surface area contributed by atoms with Gasteiger partial charge in [-0.3, -0.25) is 9.59 Å². The molecule has 30 heavy (non-hydrogen) atoms. The van der Waals surface area contributed by atoms with Gasteiger partial charge in [0.25, 0.3) is 11.8 Å². The number of carbonyl (C=O) groups excluding carboxylic acids is 2. The largest absolute Gasteiger partial charge is 0.497 e. The number of nitrogens with zero attached hydrogens (tertiary/aromatic N) is 4. The highest BCUT2D eigenvalue weighted by molar-refractivity contribution is 6.37. The molecular formula is C23H18N4O3. The van der Waals surface area contributed by atoms with E-state index in [1.807, 2.05) is 56.3 Å². The van der Waals surface area contributed by atoms with Crippen LogP contribution >= 0.6 is 0 Å². The van der Waals surface area contributed by atoms with Gasteiger partial charge in [0.15, 0.2) is 5.65 Å². The van der Waals surface area contributed by atoms with Gasteiger partial charge in [0.1, 0.15) is 5.75 Å². The first-order valence-electron chi connectivity index (χ1n) is 9.48. The van der Waals surface area contributed by atoms with Crippen molar-refractivity contribution in [2.75, 3.05) is 12.0 Å². The van der Waals surface area contributed by atoms with Crippen LogP contribution in [-0.2, 0) is 0 Å². The summed E-state index contributed by atoms with van der Waals surface area (Å²) >= 11 is 0. The number of aromatic nitrogens is 3. The Labute approximate surface area is 172 Å². The maximum Gasteiger partial charge on any atom is 0.267 e. The van der Waals surface area contributed by atoms with E-state index >= 15 is 0 Å². The fraction of sp³-hybridized carbons (Fsp3) is 0.130. The van der Waals surface area contributed by atoms with Crippen molar-refractivity contribution >= 4 is 28.5 Å². The molecule has 7 nitrogen and oxygen atoms in total. The fourth-order valence-corrected chi connectivity index (χ4v) is 3.87. The number of hydrogen-bond acceptors (Lipinski definition) is 5. The van der Waals surface area contributed by atoms with Crippen LogP contribution in [0.15, 0.2) is 54.7 Å². The van der Waals surface area contributed by atoms with Crippen LogP contribution in [0.2, 0.25) is 0 Å². The molecule has 1 aliphatic rings. The van der Waals surface area contributed by atoms with Gasteiger partial charge < -0.3 is 4.74 Å². The van der Waals surface area contributed by atoms with Gasteiger partial charge in [0, 0.05) is 6.20 Å². The molecule has 2 aromatic heterocycles. The minimum absolute atomic E-state index is 0.298. The number of aryl methyl sites for hydroxylation is 2. The Morgan fingerprint density at radius 2 is 1.70 bits per heavy atom. The molecule has 0 radical (unpaired) electrons. The van der Waals surface area contributed by atoms with Gasteiger partial charge >= 0.3 is 0 Å².